The van der Waals surface area contributed by atoms with E-state index in [-0.39, 0.29) is 6.29 Å². The highest BCUT2D eigenvalue weighted by atomic mass is 16.8. The molecule has 0 spiro atoms. The number of rotatable bonds is 5. The topological polar surface area (TPSA) is 66.4 Å². The normalized spacial score (nSPS) is 44.0. The van der Waals surface area contributed by atoms with E-state index >= 15 is 0 Å². The number of aliphatic hydroxyl groups is 1. The Balaban J connectivity index is 2.01. The van der Waals surface area contributed by atoms with E-state index < -0.39 is 30.9 Å². The van der Waals surface area contributed by atoms with E-state index in [2.05, 4.69) is 6.92 Å². The Bertz CT molecular complexity index is 261. The molecule has 0 radical (unpaired) electrons. The van der Waals surface area contributed by atoms with Crippen molar-refractivity contribution in [3.8, 4) is 0 Å². The summed E-state index contributed by atoms with van der Waals surface area (Å²) in [6.07, 6.45) is -1.43. The summed E-state index contributed by atoms with van der Waals surface area (Å²) >= 11 is 0. The number of hydrogen-bond donors (Lipinski definition) is 1. The molecular formula is C12H22O6. The lowest BCUT2D eigenvalue weighted by molar-refractivity contribution is -0.316. The molecule has 0 saturated carbocycles. The molecule has 2 heterocycles. The first-order valence-electron chi connectivity index (χ1n) is 6.46. The van der Waals surface area contributed by atoms with Gasteiger partial charge in [0.15, 0.2) is 18.9 Å². The summed E-state index contributed by atoms with van der Waals surface area (Å²) in [7, 11) is 1.48. The summed E-state index contributed by atoms with van der Waals surface area (Å²) in [6.45, 7) is 4.45. The SMILES string of the molecule is CCCCOC1C2OC(C)O[C@H]2OC(OC)[C@H]1O. The molecule has 6 atom stereocenters. The number of ether oxygens (including phenoxy) is 5. The minimum atomic E-state index is -0.873. The number of aliphatic hydroxyl groups excluding tert-OH is 1. The van der Waals surface area contributed by atoms with Crippen molar-refractivity contribution in [3.63, 3.8) is 0 Å². The number of hydrogen-bond acceptors (Lipinski definition) is 6. The summed E-state index contributed by atoms with van der Waals surface area (Å²) in [5.74, 6) is 0. The molecule has 2 aliphatic rings. The maximum Gasteiger partial charge on any atom is 0.192 e. The van der Waals surface area contributed by atoms with Crippen molar-refractivity contribution in [2.24, 2.45) is 0 Å². The van der Waals surface area contributed by atoms with Crippen LogP contribution in [0.15, 0.2) is 0 Å². The first-order valence-corrected chi connectivity index (χ1v) is 6.46. The minimum absolute atomic E-state index is 0.361. The van der Waals surface area contributed by atoms with E-state index in [9.17, 15) is 5.11 Å². The number of unbranched alkanes of at least 4 members (excludes halogenated alkanes) is 1. The highest BCUT2D eigenvalue weighted by Crippen LogP contribution is 2.33. The average molecular weight is 262 g/mol. The second-order valence-corrected chi connectivity index (χ2v) is 4.59. The first kappa shape index (κ1) is 14.2. The standard InChI is InChI=1S/C12H22O6/c1-4-5-6-15-9-8(13)11(14-3)18-12-10(9)16-7(2)17-12/h7-13H,4-6H2,1-3H3/t7?,8-,9?,10?,11?,12-/m0/s1. The van der Waals surface area contributed by atoms with Gasteiger partial charge in [-0.05, 0) is 13.3 Å². The maximum absolute atomic E-state index is 10.2. The summed E-state index contributed by atoms with van der Waals surface area (Å²) in [5, 5.41) is 10.2. The molecule has 0 aromatic carbocycles. The lowest BCUT2D eigenvalue weighted by atomic mass is 10.0. The molecule has 6 nitrogen and oxygen atoms in total. The van der Waals surface area contributed by atoms with Crippen molar-refractivity contribution in [1.82, 2.24) is 0 Å². The molecule has 6 heteroatoms. The molecule has 0 aromatic heterocycles. The zero-order valence-electron chi connectivity index (χ0n) is 11.1. The van der Waals surface area contributed by atoms with Gasteiger partial charge in [-0.25, -0.2) is 0 Å². The third kappa shape index (κ3) is 2.84. The minimum Gasteiger partial charge on any atom is -0.385 e. The molecule has 106 valence electrons. The monoisotopic (exact) mass is 262 g/mol. The molecule has 18 heavy (non-hydrogen) atoms. The molecular weight excluding hydrogens is 240 g/mol. The van der Waals surface area contributed by atoms with Crippen LogP contribution >= 0.6 is 0 Å². The summed E-state index contributed by atoms with van der Waals surface area (Å²) < 4.78 is 27.3. The van der Waals surface area contributed by atoms with Crippen molar-refractivity contribution in [3.05, 3.63) is 0 Å². The second kappa shape index (κ2) is 6.27. The van der Waals surface area contributed by atoms with Gasteiger partial charge >= 0.3 is 0 Å². The third-order valence-electron chi connectivity index (χ3n) is 3.19. The summed E-state index contributed by atoms with van der Waals surface area (Å²) in [5.41, 5.74) is 0. The van der Waals surface area contributed by atoms with Gasteiger partial charge in [-0.15, -0.1) is 0 Å². The van der Waals surface area contributed by atoms with E-state index in [1.807, 2.05) is 0 Å². The van der Waals surface area contributed by atoms with Crippen molar-refractivity contribution < 1.29 is 28.8 Å². The Morgan fingerprint density at radius 3 is 2.67 bits per heavy atom. The van der Waals surface area contributed by atoms with E-state index in [4.69, 9.17) is 23.7 Å². The maximum atomic E-state index is 10.2. The van der Waals surface area contributed by atoms with Crippen molar-refractivity contribution in [2.45, 2.75) is 63.9 Å². The first-order chi connectivity index (χ1) is 8.67. The molecule has 0 bridgehead atoms. The molecule has 2 fully saturated rings. The van der Waals surface area contributed by atoms with E-state index in [1.165, 1.54) is 7.11 Å². The fourth-order valence-electron chi connectivity index (χ4n) is 2.24. The predicted molar refractivity (Wildman–Crippen MR) is 61.7 cm³/mol. The Morgan fingerprint density at radius 1 is 1.22 bits per heavy atom. The fourth-order valence-corrected chi connectivity index (χ4v) is 2.24. The Kier molecular flexibility index (Phi) is 4.94. The predicted octanol–water partition coefficient (Wildman–Crippen LogP) is 0.623. The second-order valence-electron chi connectivity index (χ2n) is 4.59. The number of methoxy groups -OCH3 is 1. The van der Waals surface area contributed by atoms with Crippen LogP contribution in [0.4, 0.5) is 0 Å². The smallest absolute Gasteiger partial charge is 0.192 e. The summed E-state index contributed by atoms with van der Waals surface area (Å²) in [4.78, 5) is 0. The van der Waals surface area contributed by atoms with Crippen molar-refractivity contribution >= 4 is 0 Å². The van der Waals surface area contributed by atoms with Gasteiger partial charge < -0.3 is 28.8 Å². The van der Waals surface area contributed by atoms with Crippen LogP contribution < -0.4 is 0 Å². The Morgan fingerprint density at radius 2 is 2.00 bits per heavy atom. The Hall–Kier alpha value is -0.240. The molecule has 2 rings (SSSR count). The van der Waals surface area contributed by atoms with Crippen LogP contribution in [0, 0.1) is 0 Å². The zero-order chi connectivity index (χ0) is 13.1. The largest absolute Gasteiger partial charge is 0.385 e. The molecule has 0 amide bonds. The lowest BCUT2D eigenvalue weighted by Gasteiger charge is -2.39. The average Bonchev–Trinajstić information content (AvgIpc) is 2.72. The van der Waals surface area contributed by atoms with Gasteiger partial charge in [0.1, 0.15) is 18.3 Å². The van der Waals surface area contributed by atoms with E-state index in [1.54, 1.807) is 6.92 Å². The van der Waals surface area contributed by atoms with Crippen LogP contribution in [-0.4, -0.2) is 56.0 Å². The van der Waals surface area contributed by atoms with Crippen LogP contribution in [0.1, 0.15) is 26.7 Å². The van der Waals surface area contributed by atoms with Crippen molar-refractivity contribution in [1.29, 1.82) is 0 Å². The Labute approximate surface area is 107 Å². The van der Waals surface area contributed by atoms with Gasteiger partial charge in [0.2, 0.25) is 0 Å². The van der Waals surface area contributed by atoms with Crippen LogP contribution in [0.5, 0.6) is 0 Å². The van der Waals surface area contributed by atoms with Crippen LogP contribution in [0.2, 0.25) is 0 Å². The highest BCUT2D eigenvalue weighted by molar-refractivity contribution is 4.90. The van der Waals surface area contributed by atoms with Gasteiger partial charge in [-0.3, -0.25) is 0 Å². The lowest BCUT2D eigenvalue weighted by Crippen LogP contribution is -2.58. The van der Waals surface area contributed by atoms with Gasteiger partial charge in [-0.1, -0.05) is 13.3 Å². The molecule has 0 aliphatic carbocycles. The molecule has 2 saturated heterocycles. The van der Waals surface area contributed by atoms with Crippen LogP contribution in [0.25, 0.3) is 0 Å². The van der Waals surface area contributed by atoms with E-state index in [0.29, 0.717) is 6.61 Å². The zero-order valence-corrected chi connectivity index (χ0v) is 11.1. The van der Waals surface area contributed by atoms with Gasteiger partial charge in [0.05, 0.1) is 0 Å². The van der Waals surface area contributed by atoms with Crippen LogP contribution in [0.3, 0.4) is 0 Å². The highest BCUT2D eigenvalue weighted by Gasteiger charge is 2.52. The summed E-state index contributed by atoms with van der Waals surface area (Å²) in [6, 6.07) is 0. The van der Waals surface area contributed by atoms with Gasteiger partial charge in [0.25, 0.3) is 0 Å². The fraction of sp³-hybridized carbons (Fsp3) is 1.00. The van der Waals surface area contributed by atoms with Crippen molar-refractivity contribution in [2.75, 3.05) is 13.7 Å². The van der Waals surface area contributed by atoms with Gasteiger partial charge in [-0.2, -0.15) is 0 Å². The molecule has 1 N–H and O–H groups in total. The van der Waals surface area contributed by atoms with Crippen LogP contribution in [-0.2, 0) is 23.7 Å². The van der Waals surface area contributed by atoms with Gasteiger partial charge in [0, 0.05) is 13.7 Å². The molecule has 4 unspecified atom stereocenters. The molecule has 0 aromatic rings. The third-order valence-corrected chi connectivity index (χ3v) is 3.19. The van der Waals surface area contributed by atoms with E-state index in [0.717, 1.165) is 12.8 Å². The number of fused-ring (bicyclic) bond motifs is 1. The quantitative estimate of drug-likeness (QED) is 0.733. The molecule has 2 aliphatic heterocycles.